The number of allylic oxidation sites excluding steroid dienone is 1. The molecule has 1 aromatic rings. The third-order valence-electron chi connectivity index (χ3n) is 2.32. The first-order valence-corrected chi connectivity index (χ1v) is 4.66. The third kappa shape index (κ3) is 1.45. The van der Waals surface area contributed by atoms with Crippen LogP contribution in [0.1, 0.15) is 22.5 Å². The third-order valence-corrected chi connectivity index (χ3v) is 2.32. The largest absolute Gasteiger partial charge is 0.469 e. The molecule has 14 heavy (non-hydrogen) atoms. The molecule has 3 heteroatoms. The quantitative estimate of drug-likeness (QED) is 0.635. The van der Waals surface area contributed by atoms with Crippen LogP contribution in [0.2, 0.25) is 0 Å². The number of Topliss-reactive ketones (excluding diaryl/α,β-unsaturated/α-hetero) is 1. The lowest BCUT2D eigenvalue weighted by Crippen LogP contribution is -2.15. The molecule has 0 N–H and O–H groups in total. The Morgan fingerprint density at radius 1 is 1.43 bits per heavy atom. The highest BCUT2D eigenvalue weighted by atomic mass is 16.3. The molecule has 0 fully saturated rings. The Hall–Kier alpha value is -1.51. The Morgan fingerprint density at radius 3 is 2.93 bits per heavy atom. The lowest BCUT2D eigenvalue weighted by Gasteiger charge is -2.14. The molecule has 0 unspecified atom stereocenters. The molecule has 0 saturated heterocycles. The zero-order valence-electron chi connectivity index (χ0n) is 8.41. The fraction of sp³-hybridized carbons (Fsp3) is 0.364. The molecule has 0 amide bonds. The molecule has 1 heterocycles. The molecule has 0 radical (unpaired) electrons. The molecule has 0 bridgehead atoms. The van der Waals surface area contributed by atoms with Crippen LogP contribution < -0.4 is 0 Å². The highest BCUT2D eigenvalue weighted by molar-refractivity contribution is 6.10. The van der Waals surface area contributed by atoms with Crippen molar-refractivity contribution in [1.29, 1.82) is 0 Å². The summed E-state index contributed by atoms with van der Waals surface area (Å²) in [5.41, 5.74) is 1.59. The Morgan fingerprint density at radius 2 is 2.21 bits per heavy atom. The van der Waals surface area contributed by atoms with Crippen molar-refractivity contribution in [2.75, 3.05) is 14.1 Å². The minimum atomic E-state index is 0.105. The van der Waals surface area contributed by atoms with E-state index < -0.39 is 0 Å². The van der Waals surface area contributed by atoms with Crippen molar-refractivity contribution in [3.63, 3.8) is 0 Å². The Balaban J connectivity index is 2.34. The van der Waals surface area contributed by atoms with Crippen LogP contribution in [-0.4, -0.2) is 24.8 Å². The van der Waals surface area contributed by atoms with Gasteiger partial charge in [-0.15, -0.1) is 0 Å². The van der Waals surface area contributed by atoms with Gasteiger partial charge in [0.15, 0.2) is 5.78 Å². The summed E-state index contributed by atoms with van der Waals surface area (Å²) in [6.07, 6.45) is 5.07. The van der Waals surface area contributed by atoms with E-state index in [9.17, 15) is 4.79 Å². The lowest BCUT2D eigenvalue weighted by molar-refractivity contribution is 0.102. The molecular formula is C11H13NO2. The van der Waals surface area contributed by atoms with Gasteiger partial charge in [0, 0.05) is 32.3 Å². The van der Waals surface area contributed by atoms with Crippen molar-refractivity contribution in [1.82, 2.24) is 4.90 Å². The summed E-state index contributed by atoms with van der Waals surface area (Å²) < 4.78 is 5.22. The van der Waals surface area contributed by atoms with E-state index >= 15 is 0 Å². The van der Waals surface area contributed by atoms with Crippen LogP contribution in [-0.2, 0) is 6.42 Å². The Labute approximate surface area is 83.0 Å². The first-order valence-electron chi connectivity index (χ1n) is 4.66. The number of hydrogen-bond donors (Lipinski definition) is 0. The van der Waals surface area contributed by atoms with E-state index in [0.717, 1.165) is 29.7 Å². The molecule has 0 aromatic carbocycles. The van der Waals surface area contributed by atoms with Gasteiger partial charge in [-0.3, -0.25) is 4.79 Å². The topological polar surface area (TPSA) is 33.5 Å². The summed E-state index contributed by atoms with van der Waals surface area (Å²) in [6, 6.07) is 1.75. The van der Waals surface area contributed by atoms with Gasteiger partial charge in [-0.2, -0.15) is 0 Å². The van der Waals surface area contributed by atoms with Crippen LogP contribution in [0, 0.1) is 0 Å². The van der Waals surface area contributed by atoms with Gasteiger partial charge in [-0.1, -0.05) is 0 Å². The summed E-state index contributed by atoms with van der Waals surface area (Å²) in [4.78, 5) is 13.8. The molecule has 74 valence electrons. The SMILES string of the molecule is CN(C)/C=C1\CCc2occc2C1=O. The number of aryl methyl sites for hydroxylation is 1. The van der Waals surface area contributed by atoms with Crippen LogP contribution in [0.3, 0.4) is 0 Å². The van der Waals surface area contributed by atoms with Gasteiger partial charge in [0.25, 0.3) is 0 Å². The normalized spacial score (nSPS) is 18.4. The predicted octanol–water partition coefficient (Wildman–Crippen LogP) is 1.85. The summed E-state index contributed by atoms with van der Waals surface area (Å²) in [6.45, 7) is 0. The molecule has 1 aromatic heterocycles. The van der Waals surface area contributed by atoms with E-state index in [0.29, 0.717) is 0 Å². The summed E-state index contributed by atoms with van der Waals surface area (Å²) in [5.74, 6) is 0.930. The van der Waals surface area contributed by atoms with Gasteiger partial charge >= 0.3 is 0 Å². The number of ketones is 1. The Kier molecular flexibility index (Phi) is 2.15. The second-order valence-corrected chi connectivity index (χ2v) is 3.70. The van der Waals surface area contributed by atoms with E-state index in [2.05, 4.69) is 0 Å². The maximum atomic E-state index is 11.9. The van der Waals surface area contributed by atoms with Crippen LogP contribution in [0.5, 0.6) is 0 Å². The number of hydrogen-bond acceptors (Lipinski definition) is 3. The molecule has 2 rings (SSSR count). The average molecular weight is 191 g/mol. The first-order chi connectivity index (χ1) is 6.68. The second-order valence-electron chi connectivity index (χ2n) is 3.70. The number of nitrogens with zero attached hydrogens (tertiary/aromatic N) is 1. The van der Waals surface area contributed by atoms with Crippen molar-refractivity contribution >= 4 is 5.78 Å². The van der Waals surface area contributed by atoms with Crippen LogP contribution in [0.4, 0.5) is 0 Å². The standard InChI is InChI=1S/C11H13NO2/c1-12(2)7-8-3-4-10-9(11(8)13)5-6-14-10/h5-7H,3-4H2,1-2H3/b8-7+. The number of carbonyl (C=O) groups excluding carboxylic acids is 1. The van der Waals surface area contributed by atoms with Gasteiger partial charge < -0.3 is 9.32 Å². The Bertz CT molecular complexity index is 388. The number of fused-ring (bicyclic) bond motifs is 1. The highest BCUT2D eigenvalue weighted by Crippen LogP contribution is 2.25. The number of carbonyl (C=O) groups is 1. The smallest absolute Gasteiger partial charge is 0.193 e. The van der Waals surface area contributed by atoms with Gasteiger partial charge in [0.05, 0.1) is 11.8 Å². The number of furan rings is 1. The van der Waals surface area contributed by atoms with Gasteiger partial charge in [-0.25, -0.2) is 0 Å². The first kappa shape index (κ1) is 9.06. The molecule has 3 nitrogen and oxygen atoms in total. The minimum Gasteiger partial charge on any atom is -0.469 e. The number of rotatable bonds is 1. The summed E-state index contributed by atoms with van der Waals surface area (Å²) in [5, 5.41) is 0. The molecule has 0 aliphatic heterocycles. The van der Waals surface area contributed by atoms with Crippen molar-refractivity contribution in [2.45, 2.75) is 12.8 Å². The van der Waals surface area contributed by atoms with E-state index in [1.54, 1.807) is 12.3 Å². The molecule has 1 aliphatic carbocycles. The van der Waals surface area contributed by atoms with Crippen molar-refractivity contribution in [3.05, 3.63) is 35.4 Å². The minimum absolute atomic E-state index is 0.105. The molecule has 0 spiro atoms. The highest BCUT2D eigenvalue weighted by Gasteiger charge is 2.24. The lowest BCUT2D eigenvalue weighted by atomic mass is 9.93. The zero-order chi connectivity index (χ0) is 10.1. The van der Waals surface area contributed by atoms with E-state index in [-0.39, 0.29) is 5.78 Å². The fourth-order valence-electron chi connectivity index (χ4n) is 1.71. The van der Waals surface area contributed by atoms with Gasteiger partial charge in [0.1, 0.15) is 5.76 Å². The maximum absolute atomic E-state index is 11.9. The van der Waals surface area contributed by atoms with E-state index in [1.165, 1.54) is 0 Å². The average Bonchev–Trinajstić information content (AvgIpc) is 2.57. The molecular weight excluding hydrogens is 178 g/mol. The summed E-state index contributed by atoms with van der Waals surface area (Å²) in [7, 11) is 3.84. The van der Waals surface area contributed by atoms with Crippen molar-refractivity contribution in [2.24, 2.45) is 0 Å². The van der Waals surface area contributed by atoms with Gasteiger partial charge in [-0.05, 0) is 12.5 Å². The van der Waals surface area contributed by atoms with Crippen molar-refractivity contribution in [3.8, 4) is 0 Å². The van der Waals surface area contributed by atoms with Crippen LogP contribution in [0.25, 0.3) is 0 Å². The maximum Gasteiger partial charge on any atom is 0.193 e. The molecule has 0 atom stereocenters. The van der Waals surface area contributed by atoms with E-state index in [4.69, 9.17) is 4.42 Å². The zero-order valence-corrected chi connectivity index (χ0v) is 8.41. The molecule has 1 aliphatic rings. The van der Waals surface area contributed by atoms with Crippen molar-refractivity contribution < 1.29 is 9.21 Å². The monoisotopic (exact) mass is 191 g/mol. The van der Waals surface area contributed by atoms with E-state index in [1.807, 2.05) is 25.2 Å². The van der Waals surface area contributed by atoms with Crippen LogP contribution >= 0.6 is 0 Å². The predicted molar refractivity (Wildman–Crippen MR) is 53.1 cm³/mol. The molecule has 0 saturated carbocycles. The van der Waals surface area contributed by atoms with Crippen LogP contribution in [0.15, 0.2) is 28.5 Å². The second kappa shape index (κ2) is 3.33. The summed E-state index contributed by atoms with van der Waals surface area (Å²) >= 11 is 0. The van der Waals surface area contributed by atoms with Gasteiger partial charge in [0.2, 0.25) is 0 Å². The fourth-order valence-corrected chi connectivity index (χ4v) is 1.71.